The minimum absolute atomic E-state index is 0.0178. The Morgan fingerprint density at radius 2 is 1.92 bits per heavy atom. The molecule has 254 valence electrons. The molecule has 4 saturated heterocycles. The predicted molar refractivity (Wildman–Crippen MR) is 185 cm³/mol. The highest BCUT2D eigenvalue weighted by molar-refractivity contribution is 6.05. The van der Waals surface area contributed by atoms with Crippen molar-refractivity contribution < 1.29 is 23.4 Å². The average molecular weight is 666 g/mol. The second-order valence-corrected chi connectivity index (χ2v) is 15.2. The molecule has 2 N–H and O–H groups in total. The molecular weight excluding hydrogens is 624 g/mol. The molecule has 8 nitrogen and oxygen atoms in total. The highest BCUT2D eigenvalue weighted by Gasteiger charge is 2.49. The van der Waals surface area contributed by atoms with E-state index in [4.69, 9.17) is 25.9 Å². The van der Waals surface area contributed by atoms with Gasteiger partial charge in [0.1, 0.15) is 22.9 Å². The maximum atomic E-state index is 17.2. The van der Waals surface area contributed by atoms with Crippen molar-refractivity contribution in [2.75, 3.05) is 50.8 Å². The molecule has 0 amide bonds. The Morgan fingerprint density at radius 1 is 1.10 bits per heavy atom. The summed E-state index contributed by atoms with van der Waals surface area (Å²) < 4.78 is 44.8. The van der Waals surface area contributed by atoms with Gasteiger partial charge in [-0.3, -0.25) is 4.90 Å². The summed E-state index contributed by atoms with van der Waals surface area (Å²) in [5.41, 5.74) is 1.32. The maximum Gasteiger partial charge on any atom is 0.319 e. The van der Waals surface area contributed by atoms with Crippen LogP contribution >= 0.6 is 0 Å². The molecule has 5 heterocycles. The zero-order valence-corrected chi connectivity index (χ0v) is 27.8. The Hall–Kier alpha value is -4.04. The van der Waals surface area contributed by atoms with Crippen molar-refractivity contribution in [3.63, 3.8) is 0 Å². The Labute approximate surface area is 284 Å². The minimum atomic E-state index is -0.583. The van der Waals surface area contributed by atoms with E-state index in [1.165, 1.54) is 18.2 Å². The maximum absolute atomic E-state index is 17.2. The fraction of sp³-hybridized carbons (Fsp3) is 0.487. The fourth-order valence-corrected chi connectivity index (χ4v) is 9.04. The van der Waals surface area contributed by atoms with Crippen molar-refractivity contribution in [3.05, 3.63) is 53.1 Å². The Bertz CT molecular complexity index is 2020. The summed E-state index contributed by atoms with van der Waals surface area (Å²) in [5.74, 6) is 1.87. The number of rotatable bonds is 7. The molecule has 1 aromatic heterocycles. The number of likely N-dealkylation sites (tertiary alicyclic amines) is 1. The quantitative estimate of drug-likeness (QED) is 0.230. The molecule has 5 fully saturated rings. The molecular formula is C39H41F2N5O3. The van der Waals surface area contributed by atoms with Crippen LogP contribution in [0.15, 0.2) is 30.3 Å². The van der Waals surface area contributed by atoms with Gasteiger partial charge >= 0.3 is 6.01 Å². The summed E-state index contributed by atoms with van der Waals surface area (Å²) in [5, 5.41) is 15.9. The van der Waals surface area contributed by atoms with Crippen LogP contribution in [0.2, 0.25) is 0 Å². The normalized spacial score (nSPS) is 25.9. The molecule has 4 aromatic rings. The standard InChI is InChI=1S/C39H41F2N5O3/c1-3-28-31(40)8-5-24-16-27(47)17-29(33(24)28)32-23(2)15-30-35(34(32)41)43-37(44-36(30)46-18-25-6-7-26(19-46)42-25)48-22-38(10-11-38)20-45-13-12-39(21-45)9-4-14-49-39/h1,5,8,15-17,25-26,42,47H,4,6-7,9-14,18-22H2,2H3. The second kappa shape index (κ2) is 11.5. The topological polar surface area (TPSA) is 83.0 Å². The summed E-state index contributed by atoms with van der Waals surface area (Å²) in [4.78, 5) is 14.5. The molecule has 9 rings (SSSR count). The van der Waals surface area contributed by atoms with Crippen LogP contribution in [0.3, 0.4) is 0 Å². The zero-order valence-electron chi connectivity index (χ0n) is 27.8. The molecule has 1 spiro atoms. The van der Waals surface area contributed by atoms with Crippen LogP contribution in [0.4, 0.5) is 14.6 Å². The van der Waals surface area contributed by atoms with Crippen LogP contribution in [0, 0.1) is 36.3 Å². The number of fused-ring (bicyclic) bond motifs is 4. The smallest absolute Gasteiger partial charge is 0.319 e. The number of terminal acetylenes is 1. The monoisotopic (exact) mass is 665 g/mol. The molecule has 5 aliphatic rings. The van der Waals surface area contributed by atoms with Gasteiger partial charge in [0.2, 0.25) is 0 Å². The lowest BCUT2D eigenvalue weighted by Crippen LogP contribution is -2.51. The van der Waals surface area contributed by atoms with Gasteiger partial charge in [0, 0.05) is 73.2 Å². The van der Waals surface area contributed by atoms with Gasteiger partial charge in [-0.05, 0) is 92.6 Å². The average Bonchev–Trinajstić information content (AvgIpc) is 3.34. The molecule has 2 bridgehead atoms. The summed E-state index contributed by atoms with van der Waals surface area (Å²) in [6.45, 7) is 7.59. The van der Waals surface area contributed by atoms with Gasteiger partial charge in [0.05, 0.1) is 17.8 Å². The molecule has 3 unspecified atom stereocenters. The summed E-state index contributed by atoms with van der Waals surface area (Å²) >= 11 is 0. The fourth-order valence-electron chi connectivity index (χ4n) is 9.04. The summed E-state index contributed by atoms with van der Waals surface area (Å²) in [6.07, 6.45) is 13.4. The Kier molecular flexibility index (Phi) is 7.28. The van der Waals surface area contributed by atoms with Crippen LogP contribution in [-0.4, -0.2) is 83.6 Å². The van der Waals surface area contributed by atoms with E-state index in [9.17, 15) is 9.50 Å². The number of hydrogen-bond donors (Lipinski definition) is 2. The van der Waals surface area contributed by atoms with Crippen molar-refractivity contribution in [2.24, 2.45) is 5.41 Å². The van der Waals surface area contributed by atoms with Gasteiger partial charge in [-0.25, -0.2) is 8.78 Å². The molecule has 1 aliphatic carbocycles. The largest absolute Gasteiger partial charge is 0.508 e. The van der Waals surface area contributed by atoms with Crippen LogP contribution in [0.5, 0.6) is 11.8 Å². The first-order chi connectivity index (χ1) is 23.7. The first-order valence-corrected chi connectivity index (χ1v) is 17.7. The van der Waals surface area contributed by atoms with Crippen LogP contribution < -0.4 is 15.0 Å². The lowest BCUT2D eigenvalue weighted by Gasteiger charge is -2.34. The number of anilines is 1. The number of hydrogen-bond acceptors (Lipinski definition) is 8. The number of aryl methyl sites for hydroxylation is 1. The number of nitrogens with one attached hydrogen (secondary N) is 1. The Morgan fingerprint density at radius 3 is 2.65 bits per heavy atom. The number of aromatic nitrogens is 2. The third kappa shape index (κ3) is 5.38. The molecule has 0 radical (unpaired) electrons. The highest BCUT2D eigenvalue weighted by atomic mass is 19.1. The van der Waals surface area contributed by atoms with Gasteiger partial charge < -0.3 is 24.8 Å². The van der Waals surface area contributed by atoms with Gasteiger partial charge in [-0.2, -0.15) is 9.97 Å². The van der Waals surface area contributed by atoms with Gasteiger partial charge in [0.25, 0.3) is 0 Å². The minimum Gasteiger partial charge on any atom is -0.508 e. The number of piperazine rings is 1. The van der Waals surface area contributed by atoms with Crippen molar-refractivity contribution in [1.29, 1.82) is 0 Å². The van der Waals surface area contributed by atoms with Gasteiger partial charge in [-0.1, -0.05) is 12.0 Å². The Balaban J connectivity index is 1.11. The van der Waals surface area contributed by atoms with Crippen LogP contribution in [-0.2, 0) is 4.74 Å². The van der Waals surface area contributed by atoms with Crippen molar-refractivity contribution in [2.45, 2.75) is 69.6 Å². The van der Waals surface area contributed by atoms with Gasteiger partial charge in [0.15, 0.2) is 5.82 Å². The van der Waals surface area contributed by atoms with Crippen molar-refractivity contribution in [1.82, 2.24) is 20.2 Å². The number of phenolic OH excluding ortho intramolecular Hbond substituents is 1. The van der Waals surface area contributed by atoms with E-state index in [1.54, 1.807) is 6.07 Å². The predicted octanol–water partition coefficient (Wildman–Crippen LogP) is 6.08. The van der Waals surface area contributed by atoms with Gasteiger partial charge in [-0.15, -0.1) is 6.42 Å². The van der Waals surface area contributed by atoms with E-state index >= 15 is 4.39 Å². The summed E-state index contributed by atoms with van der Waals surface area (Å²) in [6, 6.07) is 8.51. The third-order valence-electron chi connectivity index (χ3n) is 11.7. The number of ether oxygens (including phenoxy) is 2. The lowest BCUT2D eigenvalue weighted by molar-refractivity contribution is 0.0105. The first kappa shape index (κ1) is 31.0. The molecule has 4 aliphatic heterocycles. The van der Waals surface area contributed by atoms with Crippen molar-refractivity contribution in [3.8, 4) is 35.2 Å². The van der Waals surface area contributed by atoms with Crippen LogP contribution in [0.1, 0.15) is 56.1 Å². The van der Waals surface area contributed by atoms with E-state index in [0.29, 0.717) is 51.8 Å². The van der Waals surface area contributed by atoms with E-state index in [2.05, 4.69) is 21.0 Å². The first-order valence-electron chi connectivity index (χ1n) is 17.7. The molecule has 3 atom stereocenters. The molecule has 49 heavy (non-hydrogen) atoms. The van der Waals surface area contributed by atoms with E-state index in [1.807, 2.05) is 13.0 Å². The summed E-state index contributed by atoms with van der Waals surface area (Å²) in [7, 11) is 0. The molecule has 1 saturated carbocycles. The lowest BCUT2D eigenvalue weighted by atomic mass is 9.90. The second-order valence-electron chi connectivity index (χ2n) is 15.2. The van der Waals surface area contributed by atoms with E-state index in [-0.39, 0.29) is 39.4 Å². The zero-order chi connectivity index (χ0) is 33.5. The molecule has 3 aromatic carbocycles. The number of phenols is 1. The molecule has 10 heteroatoms. The van der Waals surface area contributed by atoms with Crippen molar-refractivity contribution >= 4 is 27.5 Å². The number of nitrogens with zero attached hydrogens (tertiary/aromatic N) is 4. The number of aromatic hydroxyl groups is 1. The highest BCUT2D eigenvalue weighted by Crippen LogP contribution is 2.48. The van der Waals surface area contributed by atoms with Crippen LogP contribution in [0.25, 0.3) is 32.8 Å². The SMILES string of the molecule is C#Cc1c(F)ccc2cc(O)cc(-c3c(C)cc4c(N5CC6CCC(C5)N6)nc(OCC5(CN6CCC7(CCCO7)C6)CC5)nc4c3F)c12. The van der Waals surface area contributed by atoms with E-state index in [0.717, 1.165) is 84.3 Å². The third-order valence-corrected chi connectivity index (χ3v) is 11.7. The number of benzene rings is 3. The number of halogens is 2. The van der Waals surface area contributed by atoms with E-state index < -0.39 is 11.6 Å².